The van der Waals surface area contributed by atoms with Crippen LogP contribution in [-0.4, -0.2) is 15.3 Å². The number of halogens is 1. The fourth-order valence-electron chi connectivity index (χ4n) is 3.57. The van der Waals surface area contributed by atoms with E-state index in [1.807, 2.05) is 28.8 Å². The van der Waals surface area contributed by atoms with Crippen molar-refractivity contribution in [3.8, 4) is 11.3 Å². The molecule has 0 fully saturated rings. The lowest BCUT2D eigenvalue weighted by atomic mass is 9.84. The zero-order chi connectivity index (χ0) is 19.6. The van der Waals surface area contributed by atoms with Crippen molar-refractivity contribution in [3.05, 3.63) is 54.5 Å². The van der Waals surface area contributed by atoms with Crippen LogP contribution in [-0.2, 0) is 4.79 Å². The van der Waals surface area contributed by atoms with Gasteiger partial charge in [-0.3, -0.25) is 9.20 Å². The molecule has 27 heavy (non-hydrogen) atoms. The van der Waals surface area contributed by atoms with Gasteiger partial charge in [0.05, 0.1) is 0 Å². The molecule has 0 aliphatic rings. The maximum Gasteiger partial charge on any atom is 0.225 e. The Labute approximate surface area is 159 Å². The van der Waals surface area contributed by atoms with Crippen molar-refractivity contribution in [3.63, 3.8) is 0 Å². The number of carbonyl (C=O) groups is 1. The maximum atomic E-state index is 13.7. The van der Waals surface area contributed by atoms with Crippen molar-refractivity contribution in [2.24, 2.45) is 11.3 Å². The number of nitrogens with zero attached hydrogens (tertiary/aromatic N) is 2. The fraction of sp³-hybridized carbons (Fsp3) is 0.364. The Balaban J connectivity index is 1.91. The highest BCUT2D eigenvalue weighted by atomic mass is 19.1. The van der Waals surface area contributed by atoms with E-state index in [1.165, 1.54) is 12.1 Å². The van der Waals surface area contributed by atoms with Crippen LogP contribution < -0.4 is 5.32 Å². The third-order valence-corrected chi connectivity index (χ3v) is 4.38. The number of fused-ring (bicyclic) bond motifs is 1. The van der Waals surface area contributed by atoms with E-state index in [1.54, 1.807) is 12.1 Å². The van der Waals surface area contributed by atoms with E-state index >= 15 is 0 Å². The van der Waals surface area contributed by atoms with E-state index in [0.717, 1.165) is 6.42 Å². The summed E-state index contributed by atoms with van der Waals surface area (Å²) in [5.41, 5.74) is 2.08. The van der Waals surface area contributed by atoms with Crippen LogP contribution in [0.3, 0.4) is 0 Å². The Morgan fingerprint density at radius 3 is 2.70 bits per heavy atom. The lowest BCUT2D eigenvalue weighted by Gasteiger charge is -2.22. The lowest BCUT2D eigenvalue weighted by Crippen LogP contribution is -2.19. The predicted octanol–water partition coefficient (Wildman–Crippen LogP) is 5.54. The van der Waals surface area contributed by atoms with Crippen LogP contribution in [0.4, 0.5) is 10.2 Å². The Kier molecular flexibility index (Phi) is 5.31. The first-order chi connectivity index (χ1) is 12.7. The molecule has 3 aromatic rings. The van der Waals surface area contributed by atoms with Crippen LogP contribution >= 0.6 is 0 Å². The Hall–Kier alpha value is -2.69. The standard InChI is InChI=1S/C22H26FN3O/c1-15(14-22(2,3)4)12-19(27)25-21-20(16-8-7-9-17(23)13-16)24-18-10-5-6-11-26(18)21/h5-11,13,15H,12,14H2,1-4H3,(H,25,27). The van der Waals surface area contributed by atoms with Crippen LogP contribution in [0, 0.1) is 17.2 Å². The molecule has 0 radical (unpaired) electrons. The first-order valence-electron chi connectivity index (χ1n) is 9.26. The summed E-state index contributed by atoms with van der Waals surface area (Å²) in [6, 6.07) is 11.9. The molecule has 2 heterocycles. The lowest BCUT2D eigenvalue weighted by molar-refractivity contribution is -0.117. The SMILES string of the molecule is CC(CC(=O)Nc1c(-c2cccc(F)c2)nc2ccccn12)CC(C)(C)C. The van der Waals surface area contributed by atoms with E-state index in [-0.39, 0.29) is 23.1 Å². The number of hydrogen-bond donors (Lipinski definition) is 1. The number of anilines is 1. The third-order valence-electron chi connectivity index (χ3n) is 4.38. The normalized spacial score (nSPS) is 12.9. The molecule has 2 aromatic heterocycles. The maximum absolute atomic E-state index is 13.7. The summed E-state index contributed by atoms with van der Waals surface area (Å²) in [5, 5.41) is 3.01. The zero-order valence-corrected chi connectivity index (χ0v) is 16.3. The number of aromatic nitrogens is 2. The van der Waals surface area contributed by atoms with Gasteiger partial charge < -0.3 is 5.32 Å². The number of imidazole rings is 1. The summed E-state index contributed by atoms with van der Waals surface area (Å²) >= 11 is 0. The Morgan fingerprint density at radius 2 is 2.00 bits per heavy atom. The van der Waals surface area contributed by atoms with Crippen LogP contribution in [0.25, 0.3) is 16.9 Å². The second kappa shape index (κ2) is 7.51. The van der Waals surface area contributed by atoms with Crippen molar-refractivity contribution in [1.82, 2.24) is 9.38 Å². The summed E-state index contributed by atoms with van der Waals surface area (Å²) in [6.45, 7) is 8.61. The molecule has 1 N–H and O–H groups in total. The number of benzene rings is 1. The molecule has 1 atom stereocenters. The van der Waals surface area contributed by atoms with Crippen molar-refractivity contribution >= 4 is 17.4 Å². The summed E-state index contributed by atoms with van der Waals surface area (Å²) in [5.74, 6) is 0.446. The van der Waals surface area contributed by atoms with E-state index in [4.69, 9.17) is 0 Å². The molecule has 5 heteroatoms. The first kappa shape index (κ1) is 19.1. The molecule has 1 aromatic carbocycles. The van der Waals surface area contributed by atoms with E-state index in [0.29, 0.717) is 29.1 Å². The summed E-state index contributed by atoms with van der Waals surface area (Å²) < 4.78 is 15.5. The average molecular weight is 367 g/mol. The van der Waals surface area contributed by atoms with E-state index < -0.39 is 0 Å². The van der Waals surface area contributed by atoms with Crippen molar-refractivity contribution in [1.29, 1.82) is 0 Å². The quantitative estimate of drug-likeness (QED) is 0.643. The summed E-state index contributed by atoms with van der Waals surface area (Å²) in [6.07, 6.45) is 3.24. The van der Waals surface area contributed by atoms with Crippen LogP contribution in [0.2, 0.25) is 0 Å². The number of carbonyl (C=O) groups excluding carboxylic acids is 1. The minimum atomic E-state index is -0.333. The van der Waals surface area contributed by atoms with Crippen molar-refractivity contribution in [2.75, 3.05) is 5.32 Å². The van der Waals surface area contributed by atoms with Gasteiger partial charge in [0.1, 0.15) is 23.0 Å². The minimum Gasteiger partial charge on any atom is -0.310 e. The molecule has 142 valence electrons. The van der Waals surface area contributed by atoms with Crippen molar-refractivity contribution in [2.45, 2.75) is 40.5 Å². The van der Waals surface area contributed by atoms with Crippen molar-refractivity contribution < 1.29 is 9.18 Å². The van der Waals surface area contributed by atoms with Gasteiger partial charge in [-0.1, -0.05) is 45.9 Å². The van der Waals surface area contributed by atoms with Gasteiger partial charge >= 0.3 is 0 Å². The van der Waals surface area contributed by atoms with E-state index in [2.05, 4.69) is 38.0 Å². The smallest absolute Gasteiger partial charge is 0.225 e. The summed E-state index contributed by atoms with van der Waals surface area (Å²) in [4.78, 5) is 17.3. The molecular weight excluding hydrogens is 341 g/mol. The Morgan fingerprint density at radius 1 is 1.22 bits per heavy atom. The molecule has 0 bridgehead atoms. The number of nitrogens with one attached hydrogen (secondary N) is 1. The van der Waals surface area contributed by atoms with Gasteiger partial charge in [-0.15, -0.1) is 0 Å². The minimum absolute atomic E-state index is 0.0601. The van der Waals surface area contributed by atoms with Gasteiger partial charge in [-0.05, 0) is 42.0 Å². The molecule has 0 aliphatic carbocycles. The molecule has 0 saturated heterocycles. The highest BCUT2D eigenvalue weighted by Gasteiger charge is 2.20. The first-order valence-corrected chi connectivity index (χ1v) is 9.26. The second-order valence-electron chi connectivity index (χ2n) is 8.37. The Bertz CT molecular complexity index is 956. The molecule has 0 spiro atoms. The monoisotopic (exact) mass is 367 g/mol. The molecule has 0 aliphatic heterocycles. The summed E-state index contributed by atoms with van der Waals surface area (Å²) in [7, 11) is 0. The second-order valence-corrected chi connectivity index (χ2v) is 8.37. The number of rotatable bonds is 5. The number of hydrogen-bond acceptors (Lipinski definition) is 2. The molecule has 3 rings (SSSR count). The van der Waals surface area contributed by atoms with Gasteiger partial charge in [-0.2, -0.15) is 0 Å². The molecule has 0 saturated carbocycles. The number of amides is 1. The highest BCUT2D eigenvalue weighted by Crippen LogP contribution is 2.30. The molecule has 1 amide bonds. The highest BCUT2D eigenvalue weighted by molar-refractivity contribution is 5.94. The largest absolute Gasteiger partial charge is 0.310 e. The van der Waals surface area contributed by atoms with Gasteiger partial charge in [0.25, 0.3) is 0 Å². The van der Waals surface area contributed by atoms with Crippen LogP contribution in [0.5, 0.6) is 0 Å². The average Bonchev–Trinajstić information content (AvgIpc) is 2.91. The van der Waals surface area contributed by atoms with Crippen LogP contribution in [0.15, 0.2) is 48.7 Å². The fourth-order valence-corrected chi connectivity index (χ4v) is 3.57. The van der Waals surface area contributed by atoms with Gasteiger partial charge in [0.15, 0.2) is 0 Å². The van der Waals surface area contributed by atoms with Gasteiger partial charge in [-0.25, -0.2) is 9.37 Å². The van der Waals surface area contributed by atoms with Gasteiger partial charge in [0.2, 0.25) is 5.91 Å². The third kappa shape index (κ3) is 4.73. The predicted molar refractivity (Wildman–Crippen MR) is 107 cm³/mol. The van der Waals surface area contributed by atoms with Crippen LogP contribution in [0.1, 0.15) is 40.5 Å². The number of pyridine rings is 1. The molecular formula is C22H26FN3O. The molecule has 4 nitrogen and oxygen atoms in total. The molecule has 1 unspecified atom stereocenters. The van der Waals surface area contributed by atoms with Gasteiger partial charge in [0, 0.05) is 18.2 Å². The zero-order valence-electron chi connectivity index (χ0n) is 16.3. The topological polar surface area (TPSA) is 46.4 Å². The van der Waals surface area contributed by atoms with E-state index in [9.17, 15) is 9.18 Å².